The van der Waals surface area contributed by atoms with Crippen molar-refractivity contribution in [3.05, 3.63) is 48.5 Å². The van der Waals surface area contributed by atoms with Gasteiger partial charge < -0.3 is 16.6 Å². The van der Waals surface area contributed by atoms with Crippen LogP contribution in [-0.4, -0.2) is 33.7 Å². The molecule has 0 bridgehead atoms. The van der Waals surface area contributed by atoms with Crippen LogP contribution >= 0.6 is 0 Å². The largest absolute Gasteiger partial charge is 0.382 e. The van der Waals surface area contributed by atoms with Crippen molar-refractivity contribution in [2.24, 2.45) is 0 Å². The normalized spacial score (nSPS) is 18.0. The quantitative estimate of drug-likeness (QED) is 0.530. The van der Waals surface area contributed by atoms with Crippen LogP contribution in [-0.2, 0) is 0 Å². The third-order valence-corrected chi connectivity index (χ3v) is 2.81. The van der Waals surface area contributed by atoms with Crippen LogP contribution in [0, 0.1) is 20.7 Å². The van der Waals surface area contributed by atoms with Gasteiger partial charge in [-0.15, -0.1) is 0 Å². The first-order chi connectivity index (χ1) is 8.09. The molecule has 1 aromatic carbocycles. The van der Waals surface area contributed by atoms with Gasteiger partial charge in [0, 0.05) is 25.1 Å². The summed E-state index contributed by atoms with van der Waals surface area (Å²) in [6.45, 7) is 6.95. The van der Waals surface area contributed by atoms with Crippen molar-refractivity contribution < 1.29 is 0 Å². The number of hydrogen-bond acceptors (Lipinski definition) is 2. The molecule has 1 aliphatic rings. The Morgan fingerprint density at radius 1 is 1.18 bits per heavy atom. The third kappa shape index (κ3) is 2.87. The molecular formula is C13H17B2N2-. The Morgan fingerprint density at radius 3 is 2.35 bits per heavy atom. The third-order valence-electron chi connectivity index (χ3n) is 2.81. The summed E-state index contributed by atoms with van der Waals surface area (Å²) >= 11 is 0. The van der Waals surface area contributed by atoms with E-state index in [1.807, 2.05) is 24.3 Å². The first-order valence-electron chi connectivity index (χ1n) is 5.52. The van der Waals surface area contributed by atoms with E-state index >= 15 is 0 Å². The highest BCUT2D eigenvalue weighted by molar-refractivity contribution is 6.13. The maximum Gasteiger partial charge on any atom is 0.130 e. The Hall–Kier alpha value is -1.31. The van der Waals surface area contributed by atoms with Crippen molar-refractivity contribution >= 4 is 21.4 Å². The predicted molar refractivity (Wildman–Crippen MR) is 76.0 cm³/mol. The average Bonchev–Trinajstić information content (AvgIpc) is 2.66. The molecule has 1 atom stereocenters. The molecular weight excluding hydrogens is 206 g/mol. The maximum atomic E-state index is 6.06. The summed E-state index contributed by atoms with van der Waals surface area (Å²) in [6.07, 6.45) is 4.01. The molecule has 1 heterocycles. The standard InChI is InChI=1S/C12H15BN2.CH2B/c1-9-4-5-10(2)11(8-9)15-7-6-14(3)12(15)13;1-2/h4-8,12H,1-3H3;1H2/q;-1. The highest BCUT2D eigenvalue weighted by Gasteiger charge is 2.20. The molecule has 2 nitrogen and oxygen atoms in total. The van der Waals surface area contributed by atoms with Gasteiger partial charge in [0.25, 0.3) is 0 Å². The van der Waals surface area contributed by atoms with Gasteiger partial charge in [-0.2, -0.15) is 7.85 Å². The number of hydrogen-bond donors (Lipinski definition) is 0. The summed E-state index contributed by atoms with van der Waals surface area (Å²) in [4.78, 5) is 4.07. The molecule has 1 aliphatic heterocycles. The molecule has 0 saturated heterocycles. The smallest absolute Gasteiger partial charge is 0.130 e. The van der Waals surface area contributed by atoms with Crippen LogP contribution < -0.4 is 4.90 Å². The second kappa shape index (κ2) is 5.85. The van der Waals surface area contributed by atoms with Crippen LogP contribution in [0.1, 0.15) is 11.1 Å². The zero-order valence-electron chi connectivity index (χ0n) is 10.7. The summed E-state index contributed by atoms with van der Waals surface area (Å²) in [5.74, 6) is 0. The lowest BCUT2D eigenvalue weighted by Crippen LogP contribution is -2.37. The lowest BCUT2D eigenvalue weighted by molar-refractivity contribution is 0.452. The summed E-state index contributed by atoms with van der Waals surface area (Å²) in [5, 5.41) is 0. The maximum absolute atomic E-state index is 6.06. The molecule has 0 aromatic heterocycles. The van der Waals surface area contributed by atoms with Crippen molar-refractivity contribution in [1.29, 1.82) is 0 Å². The fourth-order valence-corrected chi connectivity index (χ4v) is 1.77. The Kier molecular flexibility index (Phi) is 4.73. The van der Waals surface area contributed by atoms with Gasteiger partial charge in [0.15, 0.2) is 0 Å². The van der Waals surface area contributed by atoms with E-state index in [1.54, 1.807) is 0 Å². The monoisotopic (exact) mass is 223 g/mol. The van der Waals surface area contributed by atoms with Gasteiger partial charge in [-0.1, -0.05) is 12.1 Å². The van der Waals surface area contributed by atoms with Crippen molar-refractivity contribution in [3.63, 3.8) is 0 Å². The molecule has 0 fully saturated rings. The Bertz CT molecular complexity index is 404. The fraction of sp³-hybridized carbons (Fsp3) is 0.308. The van der Waals surface area contributed by atoms with E-state index in [0.29, 0.717) is 0 Å². The van der Waals surface area contributed by atoms with Crippen molar-refractivity contribution in [2.45, 2.75) is 19.9 Å². The summed E-state index contributed by atoms with van der Waals surface area (Å²) in [6, 6.07) is 6.32. The van der Waals surface area contributed by atoms with E-state index in [4.69, 9.17) is 7.85 Å². The number of rotatable bonds is 1. The van der Waals surface area contributed by atoms with Crippen LogP contribution in [0.4, 0.5) is 5.69 Å². The minimum Gasteiger partial charge on any atom is -0.382 e. The molecule has 17 heavy (non-hydrogen) atoms. The number of anilines is 1. The molecule has 0 N–H and O–H groups in total. The molecule has 0 amide bonds. The van der Waals surface area contributed by atoms with Crippen molar-refractivity contribution in [2.75, 3.05) is 11.9 Å². The summed E-state index contributed by atoms with van der Waals surface area (Å²) in [7, 11) is 12.3. The molecule has 1 unspecified atom stereocenters. The zero-order valence-corrected chi connectivity index (χ0v) is 10.7. The van der Waals surface area contributed by atoms with Crippen LogP contribution in [0.3, 0.4) is 0 Å². The SMILES string of the molecule is [B]C1N(C)C=CN1c1cc(C)ccc1C.[B][CH2-]. The Labute approximate surface area is 107 Å². The second-order valence-corrected chi connectivity index (χ2v) is 4.07. The van der Waals surface area contributed by atoms with Gasteiger partial charge in [-0.25, -0.2) is 0 Å². The first-order valence-corrected chi connectivity index (χ1v) is 5.52. The van der Waals surface area contributed by atoms with Gasteiger partial charge in [0.1, 0.15) is 7.85 Å². The van der Waals surface area contributed by atoms with Crippen molar-refractivity contribution in [3.8, 4) is 0 Å². The van der Waals surface area contributed by atoms with Crippen LogP contribution in [0.25, 0.3) is 0 Å². The van der Waals surface area contributed by atoms with Gasteiger partial charge in [0.05, 0.1) is 6.07 Å². The van der Waals surface area contributed by atoms with Gasteiger partial charge in [-0.3, -0.25) is 0 Å². The van der Waals surface area contributed by atoms with E-state index in [0.717, 1.165) is 0 Å². The molecule has 4 radical (unpaired) electrons. The number of nitrogens with zero attached hydrogens (tertiary/aromatic N) is 2. The van der Waals surface area contributed by atoms with Crippen molar-refractivity contribution in [1.82, 2.24) is 4.90 Å². The molecule has 86 valence electrons. The molecule has 2 rings (SSSR count). The predicted octanol–water partition coefficient (Wildman–Crippen LogP) is 1.93. The molecule has 0 aliphatic carbocycles. The van der Waals surface area contributed by atoms with E-state index in [1.165, 1.54) is 16.8 Å². The minimum absolute atomic E-state index is 0.0921. The fourth-order valence-electron chi connectivity index (χ4n) is 1.77. The van der Waals surface area contributed by atoms with E-state index in [9.17, 15) is 0 Å². The topological polar surface area (TPSA) is 6.48 Å². The van der Waals surface area contributed by atoms with Gasteiger partial charge >= 0.3 is 0 Å². The second-order valence-electron chi connectivity index (χ2n) is 4.07. The van der Waals surface area contributed by atoms with Crippen LogP contribution in [0.5, 0.6) is 0 Å². The van der Waals surface area contributed by atoms with Crippen LogP contribution in [0.15, 0.2) is 30.6 Å². The van der Waals surface area contributed by atoms with Crippen LogP contribution in [0.2, 0.25) is 0 Å². The Balaban J connectivity index is 0.000000686. The minimum atomic E-state index is -0.0921. The van der Waals surface area contributed by atoms with E-state index < -0.39 is 0 Å². The molecule has 4 heteroatoms. The Morgan fingerprint density at radius 2 is 1.82 bits per heavy atom. The summed E-state index contributed by atoms with van der Waals surface area (Å²) in [5.41, 5.74) is 3.69. The first kappa shape index (κ1) is 13.8. The molecule has 1 aromatic rings. The molecule has 0 saturated carbocycles. The van der Waals surface area contributed by atoms with E-state index in [-0.39, 0.29) is 6.07 Å². The zero-order chi connectivity index (χ0) is 13.0. The van der Waals surface area contributed by atoms with E-state index in [2.05, 4.69) is 51.6 Å². The average molecular weight is 223 g/mol. The summed E-state index contributed by atoms with van der Waals surface area (Å²) < 4.78 is 0. The van der Waals surface area contributed by atoms with Gasteiger partial charge in [0.2, 0.25) is 0 Å². The lowest BCUT2D eigenvalue weighted by atomic mass is 10.0. The number of benzene rings is 1. The molecule has 0 spiro atoms. The highest BCUT2D eigenvalue weighted by Crippen LogP contribution is 2.26. The highest BCUT2D eigenvalue weighted by atomic mass is 15.4. The number of aryl methyl sites for hydroxylation is 2. The van der Waals surface area contributed by atoms with Gasteiger partial charge in [-0.05, 0) is 31.0 Å². The lowest BCUT2D eigenvalue weighted by Gasteiger charge is -2.29.